The van der Waals surface area contributed by atoms with Gasteiger partial charge in [-0.3, -0.25) is 4.79 Å². The summed E-state index contributed by atoms with van der Waals surface area (Å²) in [6, 6.07) is 4.19. The Morgan fingerprint density at radius 2 is 2.19 bits per heavy atom. The van der Waals surface area contributed by atoms with E-state index in [0.29, 0.717) is 24.3 Å². The Labute approximate surface area is 125 Å². The third-order valence-corrected chi connectivity index (χ3v) is 4.32. The van der Waals surface area contributed by atoms with Crippen LogP contribution in [0.1, 0.15) is 32.1 Å². The minimum Gasteiger partial charge on any atom is -0.366 e. The van der Waals surface area contributed by atoms with E-state index in [1.807, 2.05) is 17.0 Å². The average molecular weight is 286 g/mol. The number of nitrogens with zero attached hydrogens (tertiary/aromatic N) is 3. The van der Waals surface area contributed by atoms with Gasteiger partial charge in [0.25, 0.3) is 0 Å². The second-order valence-electron chi connectivity index (χ2n) is 5.88. The van der Waals surface area contributed by atoms with Crippen LogP contribution >= 0.6 is 0 Å². The van der Waals surface area contributed by atoms with Gasteiger partial charge < -0.3 is 10.2 Å². The fourth-order valence-corrected chi connectivity index (χ4v) is 3.08. The summed E-state index contributed by atoms with van der Waals surface area (Å²) in [6.07, 6.45) is 10.9. The first kappa shape index (κ1) is 14.0. The molecule has 21 heavy (non-hydrogen) atoms. The molecule has 1 aromatic rings. The molecule has 0 bridgehead atoms. The predicted octanol–water partition coefficient (Wildman–Crippen LogP) is 2.24. The topological polar surface area (TPSA) is 58.1 Å². The van der Waals surface area contributed by atoms with E-state index in [0.717, 1.165) is 44.6 Å². The zero-order chi connectivity index (χ0) is 14.5. The monoisotopic (exact) mass is 286 g/mol. The molecule has 1 aromatic heterocycles. The van der Waals surface area contributed by atoms with Crippen molar-refractivity contribution in [3.63, 3.8) is 0 Å². The van der Waals surface area contributed by atoms with Gasteiger partial charge in [-0.1, -0.05) is 12.2 Å². The van der Waals surface area contributed by atoms with Crippen LogP contribution in [0.15, 0.2) is 30.5 Å². The highest BCUT2D eigenvalue weighted by molar-refractivity contribution is 5.76. The Hall–Kier alpha value is -1.91. The summed E-state index contributed by atoms with van der Waals surface area (Å²) in [7, 11) is 0. The van der Waals surface area contributed by atoms with Gasteiger partial charge in [-0.15, -0.1) is 5.10 Å². The van der Waals surface area contributed by atoms with E-state index in [-0.39, 0.29) is 0 Å². The van der Waals surface area contributed by atoms with Gasteiger partial charge in [0.15, 0.2) is 0 Å². The van der Waals surface area contributed by atoms with Crippen molar-refractivity contribution in [1.29, 1.82) is 0 Å². The van der Waals surface area contributed by atoms with E-state index >= 15 is 0 Å². The van der Waals surface area contributed by atoms with Gasteiger partial charge in [-0.25, -0.2) is 0 Å². The summed E-state index contributed by atoms with van der Waals surface area (Å²) in [5.74, 6) is 1.59. The normalized spacial score (nSPS) is 22.5. The van der Waals surface area contributed by atoms with Crippen LogP contribution < -0.4 is 5.32 Å². The van der Waals surface area contributed by atoms with E-state index in [4.69, 9.17) is 0 Å². The molecule has 1 N–H and O–H groups in total. The molecule has 0 aromatic carbocycles. The number of hydrogen-bond donors (Lipinski definition) is 1. The average Bonchev–Trinajstić information content (AvgIpc) is 3.02. The van der Waals surface area contributed by atoms with Crippen LogP contribution in [-0.2, 0) is 4.79 Å². The molecule has 1 atom stereocenters. The maximum absolute atomic E-state index is 12.3. The first-order valence-electron chi connectivity index (χ1n) is 7.80. The molecule has 1 amide bonds. The van der Waals surface area contributed by atoms with E-state index in [1.165, 1.54) is 0 Å². The molecule has 1 fully saturated rings. The molecule has 0 spiro atoms. The minimum atomic E-state index is 0.310. The zero-order valence-corrected chi connectivity index (χ0v) is 12.2. The van der Waals surface area contributed by atoms with Crippen molar-refractivity contribution in [1.82, 2.24) is 15.1 Å². The lowest BCUT2D eigenvalue weighted by Gasteiger charge is -2.33. The number of carbonyl (C=O) groups is 1. The molecular formula is C16H22N4O. The number of nitrogens with one attached hydrogen (secondary N) is 1. The molecule has 2 aliphatic rings. The number of carbonyl (C=O) groups excluding carboxylic acids is 1. The quantitative estimate of drug-likeness (QED) is 0.862. The highest BCUT2D eigenvalue weighted by atomic mass is 16.2. The Balaban J connectivity index is 1.44. The van der Waals surface area contributed by atoms with Crippen molar-refractivity contribution >= 4 is 11.7 Å². The third-order valence-electron chi connectivity index (χ3n) is 4.32. The first-order chi connectivity index (χ1) is 10.3. The molecule has 5 heteroatoms. The van der Waals surface area contributed by atoms with Crippen molar-refractivity contribution in [2.45, 2.75) is 38.1 Å². The Morgan fingerprint density at radius 3 is 2.86 bits per heavy atom. The van der Waals surface area contributed by atoms with Crippen molar-refractivity contribution in [3.8, 4) is 0 Å². The summed E-state index contributed by atoms with van der Waals surface area (Å²) in [6.45, 7) is 1.68. The van der Waals surface area contributed by atoms with E-state index < -0.39 is 0 Å². The minimum absolute atomic E-state index is 0.310. The molecule has 1 aliphatic carbocycles. The number of anilines is 1. The molecule has 0 radical (unpaired) electrons. The van der Waals surface area contributed by atoms with Crippen LogP contribution in [-0.4, -0.2) is 40.1 Å². The Bertz CT molecular complexity index is 494. The fraction of sp³-hybridized carbons (Fsp3) is 0.562. The summed E-state index contributed by atoms with van der Waals surface area (Å²) in [5, 5.41) is 11.3. The van der Waals surface area contributed by atoms with Crippen LogP contribution in [0.25, 0.3) is 0 Å². The summed E-state index contributed by atoms with van der Waals surface area (Å²) >= 11 is 0. The number of allylic oxidation sites excluding steroid dienone is 2. The molecule has 3 rings (SSSR count). The number of aromatic nitrogens is 2. The zero-order valence-electron chi connectivity index (χ0n) is 12.2. The number of amides is 1. The largest absolute Gasteiger partial charge is 0.366 e. The maximum Gasteiger partial charge on any atom is 0.223 e. The second kappa shape index (κ2) is 6.70. The van der Waals surface area contributed by atoms with Crippen LogP contribution in [0.4, 0.5) is 5.82 Å². The lowest BCUT2D eigenvalue weighted by atomic mass is 10.0. The number of rotatable bonds is 4. The molecule has 2 heterocycles. The fourth-order valence-electron chi connectivity index (χ4n) is 3.08. The highest BCUT2D eigenvalue weighted by Gasteiger charge is 2.24. The van der Waals surface area contributed by atoms with Gasteiger partial charge in [0.2, 0.25) is 5.91 Å². The summed E-state index contributed by atoms with van der Waals surface area (Å²) in [5.41, 5.74) is 0. The molecule has 5 nitrogen and oxygen atoms in total. The van der Waals surface area contributed by atoms with Crippen LogP contribution in [0, 0.1) is 5.92 Å². The molecular weight excluding hydrogens is 264 g/mol. The van der Waals surface area contributed by atoms with Crippen molar-refractivity contribution < 1.29 is 4.79 Å². The standard InChI is InChI=1S/C16H22N4O/c21-16(12-13-4-1-2-5-13)20-10-7-14(8-11-20)18-15-6-3-9-17-19-15/h1,3-4,6,9,13-14H,2,5,7-8,10-12H2,(H,18,19)/t13-/m1/s1. The molecule has 112 valence electrons. The SMILES string of the molecule is O=C(C[C@@H]1C=CCC1)N1CCC(Nc2cccnn2)CC1. The lowest BCUT2D eigenvalue weighted by Crippen LogP contribution is -2.42. The van der Waals surface area contributed by atoms with Crippen molar-refractivity contribution in [2.24, 2.45) is 5.92 Å². The van der Waals surface area contributed by atoms with Gasteiger partial charge in [0.1, 0.15) is 5.82 Å². The van der Waals surface area contributed by atoms with Crippen molar-refractivity contribution in [3.05, 3.63) is 30.5 Å². The first-order valence-corrected chi connectivity index (χ1v) is 7.80. The van der Waals surface area contributed by atoms with Crippen LogP contribution in [0.5, 0.6) is 0 Å². The molecule has 0 unspecified atom stereocenters. The van der Waals surface area contributed by atoms with E-state index in [9.17, 15) is 4.79 Å². The number of likely N-dealkylation sites (tertiary alicyclic amines) is 1. The van der Waals surface area contributed by atoms with Crippen LogP contribution in [0.2, 0.25) is 0 Å². The predicted molar refractivity (Wildman–Crippen MR) is 81.7 cm³/mol. The summed E-state index contributed by atoms with van der Waals surface area (Å²) in [4.78, 5) is 14.3. The van der Waals surface area contributed by atoms with E-state index in [2.05, 4.69) is 27.7 Å². The lowest BCUT2D eigenvalue weighted by molar-refractivity contribution is -0.132. The number of hydrogen-bond acceptors (Lipinski definition) is 4. The van der Waals surface area contributed by atoms with Gasteiger partial charge in [-0.2, -0.15) is 5.10 Å². The third kappa shape index (κ3) is 3.80. The second-order valence-corrected chi connectivity index (χ2v) is 5.88. The molecule has 1 saturated heterocycles. The summed E-state index contributed by atoms with van der Waals surface area (Å²) < 4.78 is 0. The van der Waals surface area contributed by atoms with Gasteiger partial charge >= 0.3 is 0 Å². The maximum atomic E-state index is 12.3. The van der Waals surface area contributed by atoms with Gasteiger partial charge in [-0.05, 0) is 43.7 Å². The molecule has 0 saturated carbocycles. The smallest absolute Gasteiger partial charge is 0.223 e. The number of piperidine rings is 1. The highest BCUT2D eigenvalue weighted by Crippen LogP contribution is 2.23. The van der Waals surface area contributed by atoms with E-state index in [1.54, 1.807) is 6.20 Å². The van der Waals surface area contributed by atoms with Gasteiger partial charge in [0, 0.05) is 31.7 Å². The van der Waals surface area contributed by atoms with Crippen molar-refractivity contribution in [2.75, 3.05) is 18.4 Å². The Kier molecular flexibility index (Phi) is 4.48. The molecule has 1 aliphatic heterocycles. The Morgan fingerprint density at radius 1 is 1.33 bits per heavy atom. The van der Waals surface area contributed by atoms with Crippen LogP contribution in [0.3, 0.4) is 0 Å². The van der Waals surface area contributed by atoms with Gasteiger partial charge in [0.05, 0.1) is 0 Å².